The van der Waals surface area contributed by atoms with E-state index in [2.05, 4.69) is 0 Å². The van der Waals surface area contributed by atoms with Crippen molar-refractivity contribution in [1.82, 2.24) is 4.90 Å². The third-order valence-corrected chi connectivity index (χ3v) is 4.42. The molecule has 3 rings (SSSR count). The van der Waals surface area contributed by atoms with Gasteiger partial charge in [-0.1, -0.05) is 12.1 Å². The maximum atomic E-state index is 14.1. The fraction of sp³-hybridized carbons (Fsp3) is 0.500. The molecule has 118 valence electrons. The summed E-state index contributed by atoms with van der Waals surface area (Å²) < 4.78 is 19.4. The number of amides is 1. The molecule has 0 aliphatic carbocycles. The number of halogens is 1. The van der Waals surface area contributed by atoms with Gasteiger partial charge in [-0.2, -0.15) is 0 Å². The first kappa shape index (κ1) is 15.0. The van der Waals surface area contributed by atoms with Gasteiger partial charge in [0, 0.05) is 31.1 Å². The number of hydrogen-bond acceptors (Lipinski definition) is 3. The monoisotopic (exact) mass is 307 g/mol. The van der Waals surface area contributed by atoms with Gasteiger partial charge in [-0.05, 0) is 24.1 Å². The Morgan fingerprint density at radius 1 is 1.41 bits per heavy atom. The van der Waals surface area contributed by atoms with E-state index in [4.69, 9.17) is 9.84 Å². The van der Waals surface area contributed by atoms with Crippen LogP contribution in [0.2, 0.25) is 0 Å². The van der Waals surface area contributed by atoms with Crippen molar-refractivity contribution in [2.75, 3.05) is 26.3 Å². The number of alkyl halides is 1. The molecule has 2 atom stereocenters. The molecule has 2 aliphatic heterocycles. The Kier molecular flexibility index (Phi) is 3.87. The second-order valence-electron chi connectivity index (χ2n) is 5.93. The first-order chi connectivity index (χ1) is 10.5. The molecule has 22 heavy (non-hydrogen) atoms. The van der Waals surface area contributed by atoms with E-state index in [-0.39, 0.29) is 24.8 Å². The van der Waals surface area contributed by atoms with E-state index in [1.165, 1.54) is 4.90 Å². The van der Waals surface area contributed by atoms with Crippen LogP contribution in [0.15, 0.2) is 24.3 Å². The number of likely N-dealkylation sites (tertiary alicyclic amines) is 1. The van der Waals surface area contributed by atoms with Gasteiger partial charge in [-0.3, -0.25) is 4.79 Å². The molecule has 0 bridgehead atoms. The van der Waals surface area contributed by atoms with Gasteiger partial charge >= 0.3 is 5.97 Å². The summed E-state index contributed by atoms with van der Waals surface area (Å²) >= 11 is 0. The van der Waals surface area contributed by atoms with Crippen molar-refractivity contribution in [2.24, 2.45) is 0 Å². The largest absolute Gasteiger partial charge is 0.479 e. The van der Waals surface area contributed by atoms with Crippen LogP contribution in [0.1, 0.15) is 34.7 Å². The van der Waals surface area contributed by atoms with Crippen molar-refractivity contribution in [1.29, 1.82) is 0 Å². The number of hydrogen-bond donors (Lipinski definition) is 1. The van der Waals surface area contributed by atoms with E-state index in [1.807, 2.05) is 6.07 Å². The quantitative estimate of drug-likeness (QED) is 0.925. The van der Waals surface area contributed by atoms with Gasteiger partial charge in [0.1, 0.15) is 0 Å². The fourth-order valence-electron chi connectivity index (χ4n) is 3.03. The molecular weight excluding hydrogens is 289 g/mol. The number of ether oxygens (including phenoxy) is 1. The minimum absolute atomic E-state index is 0.123. The molecule has 2 heterocycles. The zero-order valence-corrected chi connectivity index (χ0v) is 12.1. The van der Waals surface area contributed by atoms with E-state index < -0.39 is 18.2 Å². The summed E-state index contributed by atoms with van der Waals surface area (Å²) in [6.45, 7) is 1.10. The molecular formula is C16H18FNO4. The van der Waals surface area contributed by atoms with Crippen molar-refractivity contribution < 1.29 is 23.8 Å². The summed E-state index contributed by atoms with van der Waals surface area (Å²) in [5, 5.41) is 8.90. The van der Waals surface area contributed by atoms with Crippen LogP contribution in [0.25, 0.3) is 0 Å². The van der Waals surface area contributed by atoms with E-state index in [0.717, 1.165) is 18.6 Å². The number of carbonyl (C=O) groups excluding carboxylic acids is 1. The fourth-order valence-corrected chi connectivity index (χ4v) is 3.03. The molecule has 2 saturated heterocycles. The van der Waals surface area contributed by atoms with E-state index in [1.54, 1.807) is 18.2 Å². The van der Waals surface area contributed by atoms with E-state index in [9.17, 15) is 14.0 Å². The molecule has 0 aromatic heterocycles. The number of carboxylic acid groups (broad SMARTS) is 1. The normalized spacial score (nSPS) is 28.0. The number of aliphatic carboxylic acids is 1. The third kappa shape index (κ3) is 2.70. The standard InChI is InChI=1S/C16H18FNO4/c17-16(15(20)21)5-6-18(10-16)14(19)12-3-1-2-11(8-12)13-4-7-22-9-13/h1-3,8,13H,4-7,9-10H2,(H,20,21)/t13-,16+/m1/s1. The van der Waals surface area contributed by atoms with Crippen molar-refractivity contribution in [2.45, 2.75) is 24.4 Å². The van der Waals surface area contributed by atoms with Gasteiger partial charge in [0.05, 0.1) is 13.2 Å². The van der Waals surface area contributed by atoms with Crippen LogP contribution in [-0.4, -0.2) is 53.9 Å². The minimum atomic E-state index is -2.33. The zero-order valence-electron chi connectivity index (χ0n) is 12.1. The molecule has 2 fully saturated rings. The number of nitrogens with zero attached hydrogens (tertiary/aromatic N) is 1. The maximum Gasteiger partial charge on any atom is 0.343 e. The lowest BCUT2D eigenvalue weighted by atomic mass is 9.96. The number of carbonyl (C=O) groups is 2. The molecule has 0 unspecified atom stereocenters. The van der Waals surface area contributed by atoms with E-state index >= 15 is 0 Å². The Balaban J connectivity index is 1.75. The van der Waals surface area contributed by atoms with Crippen molar-refractivity contribution >= 4 is 11.9 Å². The summed E-state index contributed by atoms with van der Waals surface area (Å²) in [7, 11) is 0. The highest BCUT2D eigenvalue weighted by molar-refractivity contribution is 5.95. The molecule has 2 aliphatic rings. The molecule has 0 saturated carbocycles. The summed E-state index contributed by atoms with van der Waals surface area (Å²) in [5.74, 6) is -1.54. The highest BCUT2D eigenvalue weighted by atomic mass is 19.1. The lowest BCUT2D eigenvalue weighted by Crippen LogP contribution is -2.38. The summed E-state index contributed by atoms with van der Waals surface area (Å²) in [6.07, 6.45) is 0.762. The first-order valence-corrected chi connectivity index (χ1v) is 7.39. The maximum absolute atomic E-state index is 14.1. The van der Waals surface area contributed by atoms with Gasteiger partial charge in [0.25, 0.3) is 5.91 Å². The lowest BCUT2D eigenvalue weighted by molar-refractivity contribution is -0.149. The number of rotatable bonds is 3. The smallest absolute Gasteiger partial charge is 0.343 e. The van der Waals surface area contributed by atoms with Crippen LogP contribution in [0.5, 0.6) is 0 Å². The van der Waals surface area contributed by atoms with Crippen LogP contribution in [-0.2, 0) is 9.53 Å². The number of carboxylic acids is 1. The van der Waals surface area contributed by atoms with Gasteiger partial charge in [-0.25, -0.2) is 9.18 Å². The topological polar surface area (TPSA) is 66.8 Å². The molecule has 1 aromatic rings. The SMILES string of the molecule is O=C(c1cccc([C@@H]2CCOC2)c1)N1CC[C@@](F)(C(=O)O)C1. The second kappa shape index (κ2) is 5.68. The predicted molar refractivity (Wildman–Crippen MR) is 76.6 cm³/mol. The molecule has 1 amide bonds. The van der Waals surface area contributed by atoms with Crippen LogP contribution in [0.4, 0.5) is 4.39 Å². The van der Waals surface area contributed by atoms with E-state index in [0.29, 0.717) is 12.2 Å². The lowest BCUT2D eigenvalue weighted by Gasteiger charge is -2.18. The van der Waals surface area contributed by atoms with Crippen LogP contribution in [0.3, 0.4) is 0 Å². The summed E-state index contributed by atoms with van der Waals surface area (Å²) in [6, 6.07) is 7.25. The summed E-state index contributed by atoms with van der Waals surface area (Å²) in [5.41, 5.74) is -0.821. The van der Waals surface area contributed by atoms with Crippen molar-refractivity contribution in [3.63, 3.8) is 0 Å². The molecule has 5 nitrogen and oxygen atoms in total. The average molecular weight is 307 g/mol. The van der Waals surface area contributed by atoms with Crippen molar-refractivity contribution in [3.8, 4) is 0 Å². The Hall–Kier alpha value is -1.95. The average Bonchev–Trinajstić information content (AvgIpc) is 3.17. The Morgan fingerprint density at radius 2 is 2.23 bits per heavy atom. The number of benzene rings is 1. The first-order valence-electron chi connectivity index (χ1n) is 7.39. The Bertz CT molecular complexity index is 600. The molecule has 1 aromatic carbocycles. The van der Waals surface area contributed by atoms with Crippen LogP contribution >= 0.6 is 0 Å². The predicted octanol–water partition coefficient (Wildman–Crippen LogP) is 1.83. The minimum Gasteiger partial charge on any atom is -0.479 e. The molecule has 0 radical (unpaired) electrons. The van der Waals surface area contributed by atoms with Gasteiger partial charge in [0.15, 0.2) is 0 Å². The Morgan fingerprint density at radius 3 is 2.86 bits per heavy atom. The second-order valence-corrected chi connectivity index (χ2v) is 5.93. The van der Waals surface area contributed by atoms with Crippen LogP contribution in [0, 0.1) is 0 Å². The molecule has 0 spiro atoms. The van der Waals surface area contributed by atoms with Gasteiger partial charge < -0.3 is 14.7 Å². The highest BCUT2D eigenvalue weighted by Crippen LogP contribution is 2.29. The van der Waals surface area contributed by atoms with Crippen LogP contribution < -0.4 is 0 Å². The van der Waals surface area contributed by atoms with Gasteiger partial charge in [0.2, 0.25) is 5.67 Å². The third-order valence-electron chi connectivity index (χ3n) is 4.42. The summed E-state index contributed by atoms with van der Waals surface area (Å²) in [4.78, 5) is 24.7. The van der Waals surface area contributed by atoms with Crippen molar-refractivity contribution in [3.05, 3.63) is 35.4 Å². The molecule has 1 N–H and O–H groups in total. The highest BCUT2D eigenvalue weighted by Gasteiger charge is 2.47. The zero-order chi connectivity index (χ0) is 15.7. The van der Waals surface area contributed by atoms with Gasteiger partial charge in [-0.15, -0.1) is 0 Å². The molecule has 6 heteroatoms. The Labute approximate surface area is 127 Å².